The van der Waals surface area contributed by atoms with Crippen LogP contribution >= 0.6 is 0 Å². The van der Waals surface area contributed by atoms with Crippen molar-refractivity contribution in [2.24, 2.45) is 11.3 Å². The summed E-state index contributed by atoms with van der Waals surface area (Å²) in [6.45, 7) is 16.8. The first-order chi connectivity index (χ1) is 9.06. The van der Waals surface area contributed by atoms with Crippen molar-refractivity contribution in [2.75, 3.05) is 26.2 Å². The second-order valence-corrected chi connectivity index (χ2v) is 6.93. The molecule has 1 heterocycles. The molecule has 0 amide bonds. The highest BCUT2D eigenvalue weighted by Crippen LogP contribution is 2.32. The summed E-state index contributed by atoms with van der Waals surface area (Å²) in [6.07, 6.45) is 6.65. The first-order valence-electron chi connectivity index (χ1n) is 8.51. The van der Waals surface area contributed by atoms with Crippen LogP contribution in [0.3, 0.4) is 0 Å². The Morgan fingerprint density at radius 3 is 2.26 bits per heavy atom. The predicted octanol–water partition coefficient (Wildman–Crippen LogP) is 3.91. The minimum absolute atomic E-state index is 0.524. The molecule has 1 atom stereocenters. The standard InChI is InChI=1S/C17H36N2/c1-6-16(7-2)19(12-15(4)5)14-17(8-3)10-9-11-18-13-17/h15-16,18H,6-14H2,1-5H3. The zero-order valence-corrected chi connectivity index (χ0v) is 14.0. The van der Waals surface area contributed by atoms with Gasteiger partial charge in [-0.15, -0.1) is 0 Å². The summed E-state index contributed by atoms with van der Waals surface area (Å²) in [5, 5.41) is 3.63. The second kappa shape index (κ2) is 8.26. The van der Waals surface area contributed by atoms with Gasteiger partial charge in [-0.1, -0.05) is 34.6 Å². The number of nitrogens with zero attached hydrogens (tertiary/aromatic N) is 1. The van der Waals surface area contributed by atoms with Crippen LogP contribution in [-0.2, 0) is 0 Å². The number of hydrogen-bond acceptors (Lipinski definition) is 2. The molecule has 1 aliphatic rings. The summed E-state index contributed by atoms with van der Waals surface area (Å²) < 4.78 is 0. The van der Waals surface area contributed by atoms with Gasteiger partial charge in [-0.3, -0.25) is 4.90 Å². The fraction of sp³-hybridized carbons (Fsp3) is 1.00. The van der Waals surface area contributed by atoms with Crippen LogP contribution in [0.25, 0.3) is 0 Å². The topological polar surface area (TPSA) is 15.3 Å². The highest BCUT2D eigenvalue weighted by Gasteiger charge is 2.33. The molecule has 0 bridgehead atoms. The Balaban J connectivity index is 2.72. The smallest absolute Gasteiger partial charge is 0.00903 e. The molecule has 1 saturated heterocycles. The molecule has 1 aliphatic heterocycles. The van der Waals surface area contributed by atoms with E-state index in [4.69, 9.17) is 0 Å². The van der Waals surface area contributed by atoms with Crippen molar-refractivity contribution >= 4 is 0 Å². The van der Waals surface area contributed by atoms with E-state index in [-0.39, 0.29) is 0 Å². The summed E-state index contributed by atoms with van der Waals surface area (Å²) >= 11 is 0. The third-order valence-corrected chi connectivity index (χ3v) is 4.91. The van der Waals surface area contributed by atoms with Gasteiger partial charge in [0.1, 0.15) is 0 Å². The molecule has 1 N–H and O–H groups in total. The van der Waals surface area contributed by atoms with Crippen LogP contribution in [0.5, 0.6) is 0 Å². The van der Waals surface area contributed by atoms with Gasteiger partial charge >= 0.3 is 0 Å². The van der Waals surface area contributed by atoms with Crippen LogP contribution in [0.1, 0.15) is 66.7 Å². The van der Waals surface area contributed by atoms with E-state index in [1.54, 1.807) is 0 Å². The van der Waals surface area contributed by atoms with Crippen molar-refractivity contribution in [3.05, 3.63) is 0 Å². The maximum absolute atomic E-state index is 3.63. The van der Waals surface area contributed by atoms with Crippen LogP contribution in [-0.4, -0.2) is 37.1 Å². The molecule has 1 unspecified atom stereocenters. The summed E-state index contributed by atoms with van der Waals surface area (Å²) in [7, 11) is 0. The number of rotatable bonds is 8. The van der Waals surface area contributed by atoms with E-state index in [9.17, 15) is 0 Å². The molecule has 19 heavy (non-hydrogen) atoms. The second-order valence-electron chi connectivity index (χ2n) is 6.93. The lowest BCUT2D eigenvalue weighted by atomic mass is 9.77. The molecule has 1 rings (SSSR count). The molecular weight excluding hydrogens is 232 g/mol. The molecule has 2 nitrogen and oxygen atoms in total. The van der Waals surface area contributed by atoms with Crippen LogP contribution in [0, 0.1) is 11.3 Å². The molecule has 0 spiro atoms. The maximum Gasteiger partial charge on any atom is 0.00903 e. The molecule has 0 aliphatic carbocycles. The van der Waals surface area contributed by atoms with Gasteiger partial charge in [-0.25, -0.2) is 0 Å². The number of piperidine rings is 1. The predicted molar refractivity (Wildman–Crippen MR) is 85.6 cm³/mol. The summed E-state index contributed by atoms with van der Waals surface area (Å²) in [5.74, 6) is 0.769. The third kappa shape index (κ3) is 5.07. The Morgan fingerprint density at radius 1 is 1.16 bits per heavy atom. The lowest BCUT2D eigenvalue weighted by molar-refractivity contribution is 0.0689. The SMILES string of the molecule is CCC(CC)N(CC(C)C)CC1(CC)CCCNC1. The van der Waals surface area contributed by atoms with Crippen LogP contribution in [0.2, 0.25) is 0 Å². The van der Waals surface area contributed by atoms with Gasteiger partial charge in [0.2, 0.25) is 0 Å². The quantitative estimate of drug-likeness (QED) is 0.718. The molecule has 0 radical (unpaired) electrons. The Labute approximate surface area is 121 Å². The molecule has 0 aromatic rings. The van der Waals surface area contributed by atoms with Gasteiger partial charge in [-0.2, -0.15) is 0 Å². The number of hydrogen-bond donors (Lipinski definition) is 1. The Hall–Kier alpha value is -0.0800. The number of nitrogens with one attached hydrogen (secondary N) is 1. The fourth-order valence-corrected chi connectivity index (χ4v) is 3.63. The van der Waals surface area contributed by atoms with Crippen LogP contribution in [0.4, 0.5) is 0 Å². The Morgan fingerprint density at radius 2 is 1.84 bits per heavy atom. The van der Waals surface area contributed by atoms with Gasteiger partial charge in [0.25, 0.3) is 0 Å². The summed E-state index contributed by atoms with van der Waals surface area (Å²) in [4.78, 5) is 2.79. The van der Waals surface area contributed by atoms with Gasteiger partial charge < -0.3 is 5.32 Å². The minimum Gasteiger partial charge on any atom is -0.316 e. The monoisotopic (exact) mass is 268 g/mol. The highest BCUT2D eigenvalue weighted by molar-refractivity contribution is 4.89. The van der Waals surface area contributed by atoms with Crippen molar-refractivity contribution in [1.82, 2.24) is 10.2 Å². The zero-order chi connectivity index (χ0) is 14.3. The van der Waals surface area contributed by atoms with E-state index in [0.29, 0.717) is 5.41 Å². The Bertz CT molecular complexity index is 227. The normalized spacial score (nSPS) is 24.6. The molecule has 0 saturated carbocycles. The van der Waals surface area contributed by atoms with Gasteiger partial charge in [0.15, 0.2) is 0 Å². The van der Waals surface area contributed by atoms with Crippen molar-refractivity contribution in [3.63, 3.8) is 0 Å². The highest BCUT2D eigenvalue weighted by atomic mass is 15.2. The van der Waals surface area contributed by atoms with Gasteiger partial charge in [0.05, 0.1) is 0 Å². The molecule has 2 heteroatoms. The fourth-order valence-electron chi connectivity index (χ4n) is 3.63. The van der Waals surface area contributed by atoms with E-state index < -0.39 is 0 Å². The molecule has 1 fully saturated rings. The van der Waals surface area contributed by atoms with E-state index in [2.05, 4.69) is 44.8 Å². The van der Waals surface area contributed by atoms with Crippen LogP contribution in [0.15, 0.2) is 0 Å². The minimum atomic E-state index is 0.524. The van der Waals surface area contributed by atoms with E-state index in [0.717, 1.165) is 12.0 Å². The van der Waals surface area contributed by atoms with Crippen molar-refractivity contribution in [1.29, 1.82) is 0 Å². The average Bonchev–Trinajstić information content (AvgIpc) is 2.40. The lowest BCUT2D eigenvalue weighted by Crippen LogP contribution is -2.50. The summed E-state index contributed by atoms with van der Waals surface area (Å²) in [6, 6.07) is 0.771. The first kappa shape index (κ1) is 17.0. The van der Waals surface area contributed by atoms with Crippen molar-refractivity contribution < 1.29 is 0 Å². The molecular formula is C17H36N2. The van der Waals surface area contributed by atoms with E-state index in [1.807, 2.05) is 0 Å². The van der Waals surface area contributed by atoms with Gasteiger partial charge in [-0.05, 0) is 50.0 Å². The Kier molecular flexibility index (Phi) is 7.38. The van der Waals surface area contributed by atoms with E-state index >= 15 is 0 Å². The molecule has 0 aromatic heterocycles. The van der Waals surface area contributed by atoms with Crippen molar-refractivity contribution in [2.45, 2.75) is 72.8 Å². The third-order valence-electron chi connectivity index (χ3n) is 4.91. The first-order valence-corrected chi connectivity index (χ1v) is 8.51. The van der Waals surface area contributed by atoms with Crippen LogP contribution < -0.4 is 5.32 Å². The maximum atomic E-state index is 3.63. The average molecular weight is 268 g/mol. The molecule has 0 aromatic carbocycles. The lowest BCUT2D eigenvalue weighted by Gasteiger charge is -2.44. The summed E-state index contributed by atoms with van der Waals surface area (Å²) in [5.41, 5.74) is 0.524. The largest absolute Gasteiger partial charge is 0.316 e. The molecule has 114 valence electrons. The van der Waals surface area contributed by atoms with Crippen molar-refractivity contribution in [3.8, 4) is 0 Å². The van der Waals surface area contributed by atoms with E-state index in [1.165, 1.54) is 58.3 Å². The van der Waals surface area contributed by atoms with Gasteiger partial charge in [0, 0.05) is 25.7 Å². The zero-order valence-electron chi connectivity index (χ0n) is 14.0.